The number of phenols is 4. The molecule has 0 spiro atoms. The van der Waals surface area contributed by atoms with Crippen LogP contribution in [-0.4, -0.2) is 207 Å². The number of amides is 7. The lowest BCUT2D eigenvalue weighted by atomic mass is 9.89. The Morgan fingerprint density at radius 3 is 1.86 bits per heavy atom. The second kappa shape index (κ2) is 36.4. The minimum absolute atomic E-state index is 0.151. The number of rotatable bonds is 17. The van der Waals surface area contributed by atoms with Crippen LogP contribution in [0.1, 0.15) is 134 Å². The summed E-state index contributed by atoms with van der Waals surface area (Å²) in [5, 5.41) is 167. The Bertz CT molecular complexity index is 5140. The maximum atomic E-state index is 16.6. The first kappa shape index (κ1) is 86.0. The van der Waals surface area contributed by atoms with E-state index in [1.807, 2.05) is 0 Å². The molecule has 21 N–H and O–H groups in total. The molecule has 2 saturated heterocycles. The van der Waals surface area contributed by atoms with Crippen LogP contribution < -0.4 is 66.2 Å². The van der Waals surface area contributed by atoms with Crippen LogP contribution in [-0.2, 0) is 59.0 Å². The van der Waals surface area contributed by atoms with Gasteiger partial charge in [-0.2, -0.15) is 0 Å². The number of nitrogens with one attached hydrogen (secondary N) is 8. The number of aliphatic hydroxyl groups is 7. The van der Waals surface area contributed by atoms with Gasteiger partial charge in [0.2, 0.25) is 59.7 Å². The fourth-order valence-electron chi connectivity index (χ4n) is 14.9. The summed E-state index contributed by atoms with van der Waals surface area (Å²) >= 11 is 14.1. The van der Waals surface area contributed by atoms with Gasteiger partial charge < -0.3 is 142 Å². The molecule has 8 heterocycles. The average Bonchev–Trinajstić information content (AvgIpc) is 0.763. The summed E-state index contributed by atoms with van der Waals surface area (Å²) in [4.78, 5) is 135. The van der Waals surface area contributed by atoms with E-state index >= 15 is 24.0 Å². The maximum Gasteiger partial charge on any atom is 0.335 e. The lowest BCUT2D eigenvalue weighted by molar-refractivity contribution is -0.277. The van der Waals surface area contributed by atoms with Gasteiger partial charge in [-0.1, -0.05) is 99.0 Å². The predicted molar refractivity (Wildman–Crippen MR) is 414 cm³/mol. The van der Waals surface area contributed by atoms with Crippen molar-refractivity contribution in [1.82, 2.24) is 42.5 Å². The number of fused-ring (bicyclic) bond motifs is 14. The summed E-state index contributed by atoms with van der Waals surface area (Å²) in [7, 11) is 1.42. The standard InChI is InChI=1S/C81H84Cl2N8O29/c1-3-4-5-6-7-8-9-10-54(97)86-63-66(100)68(102)71(79(112)113)120-80(63)119-70-51-25-36-26-52(70)116-48-20-15-35(23-43(48)82)64(98)62-77(109)90-61(78(110)111)41-27-37(93)28-50(117-81-69(103)67(101)65(99)53(31-92)118-81)55(41)40-22-33(13-18-45(40)94)58(74(106)91-62)87-75(107)59(36)88-76(108)60-42-29-39(30-47(96)56(42)83)115-49-24-34(14-19-46(49)95)57(84-2)73(105)85-44(72(104)89-60)21-32-11-16-38(114-51)17-12-32/h11-20,22-30,44,53,57-69,71,80-81,84,92-96,98-103H,3-10,21,31H2,1-2H3,(H,85,105)(H,86,97)(H,87,107)(H,88,108)(H,89,104)(H,90,109)(H,91,106)(H,110,111)(H,112,113)/t44-,53+,57+,58-,59+,60-,61?,62?,63+,64-,65+,66+,67+,68+,69+,71-,80-,81+/m1/s1. The normalized spacial score (nSPS) is 26.7. The lowest BCUT2D eigenvalue weighted by Gasteiger charge is -2.41. The number of aliphatic hydroxyl groups excluding tert-OH is 7. The Labute approximate surface area is 691 Å². The highest BCUT2D eigenvalue weighted by Gasteiger charge is 2.52. The number of benzene rings is 7. The monoisotopic (exact) mass is 1700 g/mol. The Kier molecular flexibility index (Phi) is 26.1. The van der Waals surface area contributed by atoms with E-state index in [1.54, 1.807) is 0 Å². The van der Waals surface area contributed by atoms with E-state index in [9.17, 15) is 85.6 Å². The zero-order valence-electron chi connectivity index (χ0n) is 63.5. The molecule has 7 aromatic rings. The van der Waals surface area contributed by atoms with Gasteiger partial charge in [0.05, 0.1) is 16.7 Å². The number of aromatic hydroxyl groups is 4. The van der Waals surface area contributed by atoms with Gasteiger partial charge in [-0.05, 0) is 114 Å². The van der Waals surface area contributed by atoms with E-state index in [4.69, 9.17) is 56.4 Å². The minimum Gasteiger partial charge on any atom is -0.508 e. The van der Waals surface area contributed by atoms with Crippen molar-refractivity contribution in [3.63, 3.8) is 0 Å². The van der Waals surface area contributed by atoms with Crippen molar-refractivity contribution in [2.45, 2.75) is 174 Å². The molecule has 37 nitrogen and oxygen atoms in total. The van der Waals surface area contributed by atoms with Crippen molar-refractivity contribution in [2.24, 2.45) is 0 Å². The van der Waals surface area contributed by atoms with Gasteiger partial charge in [-0.25, -0.2) is 9.59 Å². The molecule has 120 heavy (non-hydrogen) atoms. The second-order valence-corrected chi connectivity index (χ2v) is 30.2. The number of unbranched alkanes of at least 4 members (excludes halogenated alkanes) is 6. The van der Waals surface area contributed by atoms with E-state index in [0.717, 1.165) is 105 Å². The van der Waals surface area contributed by atoms with Crippen LogP contribution in [0.2, 0.25) is 10.0 Å². The largest absolute Gasteiger partial charge is 0.508 e. The van der Waals surface area contributed by atoms with Crippen molar-refractivity contribution in [3.8, 4) is 80.1 Å². The molecular formula is C81H84Cl2N8O29. The summed E-state index contributed by atoms with van der Waals surface area (Å²) in [6.07, 6.45) is -16.4. The molecule has 8 aliphatic rings. The van der Waals surface area contributed by atoms with Gasteiger partial charge in [0, 0.05) is 47.2 Å². The van der Waals surface area contributed by atoms with Gasteiger partial charge >= 0.3 is 11.9 Å². The molecule has 39 heteroatoms. The molecule has 8 aliphatic heterocycles. The highest BCUT2D eigenvalue weighted by molar-refractivity contribution is 6.33. The van der Waals surface area contributed by atoms with Gasteiger partial charge in [0.15, 0.2) is 35.1 Å². The van der Waals surface area contributed by atoms with E-state index in [-0.39, 0.29) is 40.4 Å². The first-order valence-corrected chi connectivity index (χ1v) is 38.8. The molecular weight excluding hydrogens is 1620 g/mol. The van der Waals surface area contributed by atoms with E-state index in [0.29, 0.717) is 12.8 Å². The van der Waals surface area contributed by atoms with Crippen molar-refractivity contribution < 1.29 is 143 Å². The summed E-state index contributed by atoms with van der Waals surface area (Å²) in [5.41, 5.74) is -3.29. The highest BCUT2D eigenvalue weighted by Crippen LogP contribution is 2.50. The lowest BCUT2D eigenvalue weighted by Crippen LogP contribution is -2.66. The second-order valence-electron chi connectivity index (χ2n) is 29.4. The number of hydrogen-bond donors (Lipinski definition) is 21. The summed E-state index contributed by atoms with van der Waals surface area (Å²) in [5.74, 6) is -19.5. The third-order valence-corrected chi connectivity index (χ3v) is 21.9. The Morgan fingerprint density at radius 1 is 0.525 bits per heavy atom. The fourth-order valence-corrected chi connectivity index (χ4v) is 15.3. The van der Waals surface area contributed by atoms with Gasteiger partial charge in [0.25, 0.3) is 0 Å². The van der Waals surface area contributed by atoms with Crippen LogP contribution in [0.3, 0.4) is 0 Å². The molecule has 0 radical (unpaired) electrons. The van der Waals surface area contributed by atoms with Crippen molar-refractivity contribution in [3.05, 3.63) is 164 Å². The first-order chi connectivity index (χ1) is 57.3. The van der Waals surface area contributed by atoms with Crippen LogP contribution in [0.5, 0.6) is 69.0 Å². The van der Waals surface area contributed by atoms with Crippen LogP contribution in [0.4, 0.5) is 0 Å². The number of hydrogen-bond acceptors (Lipinski definition) is 28. The number of phenolic OH excluding ortho intramolecular Hbond substituents is 4. The van der Waals surface area contributed by atoms with E-state index in [2.05, 4.69) is 49.5 Å². The predicted octanol–water partition coefficient (Wildman–Crippen LogP) is 3.55. The number of carboxylic acid groups (broad SMARTS) is 2. The first-order valence-electron chi connectivity index (χ1n) is 38.1. The van der Waals surface area contributed by atoms with Crippen LogP contribution in [0.25, 0.3) is 11.1 Å². The topological polar surface area (TPSA) is 577 Å². The van der Waals surface area contributed by atoms with Gasteiger partial charge in [0.1, 0.15) is 125 Å². The third-order valence-electron chi connectivity index (χ3n) is 21.2. The fraction of sp³-hybridized carbons (Fsp3) is 0.370. The average molecular weight is 1700 g/mol. The Hall–Kier alpha value is -11.8. The van der Waals surface area contributed by atoms with Crippen LogP contribution in [0.15, 0.2) is 115 Å². The molecule has 2 fully saturated rings. The summed E-state index contributed by atoms with van der Waals surface area (Å²) < 4.78 is 43.9. The molecule has 17 bridgehead atoms. The molecule has 7 amide bonds. The summed E-state index contributed by atoms with van der Waals surface area (Å²) in [6, 6.07) is 4.39. The number of carbonyl (C=O) groups excluding carboxylic acids is 7. The summed E-state index contributed by atoms with van der Waals surface area (Å²) in [6.45, 7) is 1.07. The molecule has 0 saturated carbocycles. The molecule has 2 unspecified atom stereocenters. The molecule has 18 atom stereocenters. The van der Waals surface area contributed by atoms with Crippen molar-refractivity contribution >= 4 is 76.5 Å². The molecule has 15 rings (SSSR count). The number of likely N-dealkylation sites (N-methyl/N-ethyl adjacent to an activating group) is 1. The smallest absolute Gasteiger partial charge is 0.335 e. The van der Waals surface area contributed by atoms with Gasteiger partial charge in [-0.3, -0.25) is 33.6 Å². The minimum atomic E-state index is -2.47. The molecule has 636 valence electrons. The van der Waals surface area contributed by atoms with Gasteiger partial charge in [-0.15, -0.1) is 0 Å². The SMILES string of the molecule is CCCCCCCCCC(=O)N[C@@H]1[C@H](Oc2c3cc4cc2Oc2ccc(cc2Cl)[C@@H](O)C2NC(=O)[C@H](NC(=O)[C@H]4NC(=O)[C@@H]4NC(=O)[C@@H](Cc5ccc(cc5)O3)NC(=O)[C@@H](NC)c3ccc(O)c(c3)Oc3cc(O)c(Cl)c4c3)c3ccc(O)c(c3)-c3c(O[C@H]4O[C@@H](CO)[C@H](O)[C@H](O)[C@@H]4O)cc(O)cc3C(C(=O)O)NC2=O)O[C@@H](C(=O)O)[C@@H](O)[C@H]1O. The van der Waals surface area contributed by atoms with E-state index < -0.39 is 271 Å². The number of halogens is 2. The zero-order valence-corrected chi connectivity index (χ0v) is 65.0. The number of carboxylic acids is 2. The number of aliphatic carboxylic acids is 2. The maximum absolute atomic E-state index is 16.6. The van der Waals surface area contributed by atoms with E-state index in [1.165, 1.54) is 49.5 Å². The van der Waals surface area contributed by atoms with Crippen LogP contribution in [0, 0.1) is 0 Å². The molecule has 0 aliphatic carbocycles. The number of carbonyl (C=O) groups is 9. The Balaban J connectivity index is 1.05. The van der Waals surface area contributed by atoms with Crippen molar-refractivity contribution in [2.75, 3.05) is 13.7 Å². The Morgan fingerprint density at radius 2 is 1.17 bits per heavy atom. The molecule has 7 aromatic carbocycles. The molecule has 0 aromatic heterocycles. The zero-order chi connectivity index (χ0) is 86.0. The number of ether oxygens (including phenoxy) is 7. The van der Waals surface area contributed by atoms with Crippen molar-refractivity contribution in [1.29, 1.82) is 0 Å². The third kappa shape index (κ3) is 18.2. The quantitative estimate of drug-likeness (QED) is 0.0580. The highest BCUT2D eigenvalue weighted by atomic mass is 35.5. The van der Waals surface area contributed by atoms with Crippen LogP contribution >= 0.6 is 23.2 Å².